The monoisotopic (exact) mass is 190 g/mol. The van der Waals surface area contributed by atoms with Crippen LogP contribution in [0.5, 0.6) is 5.75 Å². The summed E-state index contributed by atoms with van der Waals surface area (Å²) in [5.41, 5.74) is 1.73. The molecule has 1 aromatic carbocycles. The Labute approximate surface area is 83.9 Å². The molecule has 0 N–H and O–H groups in total. The average Bonchev–Trinajstić information content (AvgIpc) is 2.37. The van der Waals surface area contributed by atoms with Gasteiger partial charge in [-0.3, -0.25) is 4.79 Å². The molecule has 0 heterocycles. The van der Waals surface area contributed by atoms with Crippen molar-refractivity contribution in [2.24, 2.45) is 5.41 Å². The van der Waals surface area contributed by atoms with Crippen LogP contribution in [0.1, 0.15) is 29.8 Å². The minimum absolute atomic E-state index is 0.241. The van der Waals surface area contributed by atoms with Crippen LogP contribution in [0.4, 0.5) is 0 Å². The summed E-state index contributed by atoms with van der Waals surface area (Å²) in [5, 5.41) is 0. The van der Waals surface area contributed by atoms with E-state index in [1.54, 1.807) is 7.11 Å². The first kappa shape index (κ1) is 9.25. The summed E-state index contributed by atoms with van der Waals surface area (Å²) < 4.78 is 5.13. The van der Waals surface area contributed by atoms with E-state index in [1.807, 2.05) is 32.0 Å². The van der Waals surface area contributed by atoms with Crippen molar-refractivity contribution in [1.29, 1.82) is 0 Å². The lowest BCUT2D eigenvalue weighted by molar-refractivity contribution is 0.0863. The van der Waals surface area contributed by atoms with Crippen LogP contribution in [0.3, 0.4) is 0 Å². The second-order valence-corrected chi connectivity index (χ2v) is 4.41. The van der Waals surface area contributed by atoms with Crippen molar-refractivity contribution < 1.29 is 9.53 Å². The number of hydrogen-bond acceptors (Lipinski definition) is 2. The van der Waals surface area contributed by atoms with Crippen molar-refractivity contribution >= 4 is 5.78 Å². The lowest BCUT2D eigenvalue weighted by Crippen LogP contribution is -2.18. The van der Waals surface area contributed by atoms with Crippen molar-refractivity contribution in [2.45, 2.75) is 20.3 Å². The van der Waals surface area contributed by atoms with Gasteiger partial charge in [0.15, 0.2) is 5.78 Å². The Morgan fingerprint density at radius 3 is 2.71 bits per heavy atom. The van der Waals surface area contributed by atoms with Crippen LogP contribution >= 0.6 is 0 Å². The second-order valence-electron chi connectivity index (χ2n) is 4.41. The van der Waals surface area contributed by atoms with E-state index < -0.39 is 0 Å². The molecular formula is C12H14O2. The molecule has 0 amide bonds. The van der Waals surface area contributed by atoms with Gasteiger partial charge in [-0.25, -0.2) is 0 Å². The highest BCUT2D eigenvalue weighted by Crippen LogP contribution is 2.37. The van der Waals surface area contributed by atoms with Crippen LogP contribution in [0, 0.1) is 5.41 Å². The number of hydrogen-bond donors (Lipinski definition) is 0. The SMILES string of the molecule is COc1ccc2c(c1)CC(C)(C)C2=O. The van der Waals surface area contributed by atoms with Gasteiger partial charge in [-0.15, -0.1) is 0 Å². The molecule has 0 radical (unpaired) electrons. The molecule has 0 saturated carbocycles. The van der Waals surface area contributed by atoms with E-state index in [1.165, 1.54) is 0 Å². The number of benzene rings is 1. The molecule has 1 aliphatic carbocycles. The summed E-state index contributed by atoms with van der Waals surface area (Å²) in [6, 6.07) is 5.67. The van der Waals surface area contributed by atoms with Gasteiger partial charge in [0.05, 0.1) is 7.11 Å². The molecule has 74 valence electrons. The topological polar surface area (TPSA) is 26.3 Å². The zero-order valence-corrected chi connectivity index (χ0v) is 8.76. The summed E-state index contributed by atoms with van der Waals surface area (Å²) >= 11 is 0. The third kappa shape index (κ3) is 1.22. The molecule has 2 rings (SSSR count). The van der Waals surface area contributed by atoms with Crippen LogP contribution in [-0.2, 0) is 6.42 Å². The van der Waals surface area contributed by atoms with Crippen molar-refractivity contribution in [1.82, 2.24) is 0 Å². The van der Waals surface area contributed by atoms with Gasteiger partial charge in [0, 0.05) is 11.0 Å². The quantitative estimate of drug-likeness (QED) is 0.680. The Hall–Kier alpha value is -1.31. The fourth-order valence-electron chi connectivity index (χ4n) is 1.99. The number of carbonyl (C=O) groups excluding carboxylic acids is 1. The predicted molar refractivity (Wildman–Crippen MR) is 54.8 cm³/mol. The number of ether oxygens (including phenoxy) is 1. The molecule has 0 spiro atoms. The lowest BCUT2D eigenvalue weighted by Gasteiger charge is -2.12. The molecule has 0 bridgehead atoms. The third-order valence-electron chi connectivity index (χ3n) is 2.80. The van der Waals surface area contributed by atoms with Gasteiger partial charge in [-0.1, -0.05) is 13.8 Å². The maximum absolute atomic E-state index is 11.9. The average molecular weight is 190 g/mol. The van der Waals surface area contributed by atoms with E-state index in [0.29, 0.717) is 0 Å². The highest BCUT2D eigenvalue weighted by molar-refractivity contribution is 6.04. The zero-order valence-electron chi connectivity index (χ0n) is 8.76. The summed E-state index contributed by atoms with van der Waals surface area (Å²) in [6.45, 7) is 3.98. The van der Waals surface area contributed by atoms with E-state index in [2.05, 4.69) is 0 Å². The van der Waals surface area contributed by atoms with E-state index in [0.717, 1.165) is 23.3 Å². The molecule has 0 atom stereocenters. The van der Waals surface area contributed by atoms with Gasteiger partial charge < -0.3 is 4.74 Å². The van der Waals surface area contributed by atoms with Crippen LogP contribution < -0.4 is 4.74 Å². The van der Waals surface area contributed by atoms with Gasteiger partial charge in [0.2, 0.25) is 0 Å². The molecule has 14 heavy (non-hydrogen) atoms. The summed E-state index contributed by atoms with van der Waals surface area (Å²) in [5.74, 6) is 1.07. The molecule has 0 saturated heterocycles. The minimum Gasteiger partial charge on any atom is -0.497 e. The maximum atomic E-state index is 11.9. The first-order valence-corrected chi connectivity index (χ1v) is 4.76. The van der Waals surface area contributed by atoms with Crippen LogP contribution in [0.15, 0.2) is 18.2 Å². The molecule has 0 unspecified atom stereocenters. The smallest absolute Gasteiger partial charge is 0.169 e. The minimum atomic E-state index is -0.241. The van der Waals surface area contributed by atoms with Gasteiger partial charge >= 0.3 is 0 Å². The van der Waals surface area contributed by atoms with Crippen molar-refractivity contribution in [3.05, 3.63) is 29.3 Å². The summed E-state index contributed by atoms with van der Waals surface area (Å²) in [7, 11) is 1.64. The number of fused-ring (bicyclic) bond motifs is 1. The Kier molecular flexibility index (Phi) is 1.88. The number of rotatable bonds is 1. The standard InChI is InChI=1S/C12H14O2/c1-12(2)7-8-6-9(14-3)4-5-10(8)11(12)13/h4-6H,7H2,1-3H3. The zero-order chi connectivity index (χ0) is 10.3. The van der Waals surface area contributed by atoms with Crippen molar-refractivity contribution in [3.63, 3.8) is 0 Å². The second kappa shape index (κ2) is 2.84. The maximum Gasteiger partial charge on any atom is 0.169 e. The molecule has 0 aromatic heterocycles. The summed E-state index contributed by atoms with van der Waals surface area (Å²) in [4.78, 5) is 11.9. The Bertz CT molecular complexity index is 391. The van der Waals surface area contributed by atoms with Crippen molar-refractivity contribution in [3.8, 4) is 5.75 Å². The Morgan fingerprint density at radius 1 is 1.36 bits per heavy atom. The molecule has 2 heteroatoms. The number of ketones is 1. The predicted octanol–water partition coefficient (Wildman–Crippen LogP) is 2.46. The number of carbonyl (C=O) groups is 1. The molecule has 2 nitrogen and oxygen atoms in total. The van der Waals surface area contributed by atoms with Crippen LogP contribution in [0.25, 0.3) is 0 Å². The highest BCUT2D eigenvalue weighted by atomic mass is 16.5. The lowest BCUT2D eigenvalue weighted by atomic mass is 9.89. The van der Waals surface area contributed by atoms with Crippen LogP contribution in [0.2, 0.25) is 0 Å². The number of methoxy groups -OCH3 is 1. The number of Topliss-reactive ketones (excluding diaryl/α,β-unsaturated/α-hetero) is 1. The molecule has 1 aromatic rings. The molecule has 0 aliphatic heterocycles. The largest absolute Gasteiger partial charge is 0.497 e. The Morgan fingerprint density at radius 2 is 2.07 bits per heavy atom. The van der Waals surface area contributed by atoms with Gasteiger partial charge in [-0.05, 0) is 30.2 Å². The third-order valence-corrected chi connectivity index (χ3v) is 2.80. The molecule has 0 fully saturated rings. The summed E-state index contributed by atoms with van der Waals surface area (Å²) in [6.07, 6.45) is 0.818. The van der Waals surface area contributed by atoms with Gasteiger partial charge in [-0.2, -0.15) is 0 Å². The van der Waals surface area contributed by atoms with Gasteiger partial charge in [0.25, 0.3) is 0 Å². The first-order chi connectivity index (χ1) is 6.54. The fourth-order valence-corrected chi connectivity index (χ4v) is 1.99. The van der Waals surface area contributed by atoms with E-state index in [-0.39, 0.29) is 11.2 Å². The van der Waals surface area contributed by atoms with E-state index in [4.69, 9.17) is 4.74 Å². The highest BCUT2D eigenvalue weighted by Gasteiger charge is 2.37. The van der Waals surface area contributed by atoms with E-state index in [9.17, 15) is 4.79 Å². The van der Waals surface area contributed by atoms with Crippen LogP contribution in [-0.4, -0.2) is 12.9 Å². The van der Waals surface area contributed by atoms with Crippen molar-refractivity contribution in [2.75, 3.05) is 7.11 Å². The molecule has 1 aliphatic rings. The first-order valence-electron chi connectivity index (χ1n) is 4.76. The normalized spacial score (nSPS) is 18.1. The van der Waals surface area contributed by atoms with E-state index >= 15 is 0 Å². The fraction of sp³-hybridized carbons (Fsp3) is 0.417. The molecular weight excluding hydrogens is 176 g/mol. The van der Waals surface area contributed by atoms with Gasteiger partial charge in [0.1, 0.15) is 5.75 Å². The Balaban J connectivity index is 2.49.